The smallest absolute Gasteiger partial charge is 0.416 e. The third-order valence-electron chi connectivity index (χ3n) is 6.34. The van der Waals surface area contributed by atoms with Crippen LogP contribution in [-0.4, -0.2) is 28.1 Å². The molecule has 1 amide bonds. The van der Waals surface area contributed by atoms with Crippen molar-refractivity contribution in [1.82, 2.24) is 5.32 Å². The van der Waals surface area contributed by atoms with E-state index in [1.54, 1.807) is 18.2 Å². The fourth-order valence-electron chi connectivity index (χ4n) is 4.07. The number of amides is 1. The Kier molecular flexibility index (Phi) is 9.82. The Morgan fingerprint density at radius 1 is 0.738 bits per heavy atom. The first-order valence-corrected chi connectivity index (χ1v) is 12.9. The predicted molar refractivity (Wildman–Crippen MR) is 148 cm³/mol. The van der Waals surface area contributed by atoms with Gasteiger partial charge in [-0.15, -0.1) is 0 Å². The highest BCUT2D eigenvalue weighted by Crippen LogP contribution is 2.32. The predicted octanol–water partition coefficient (Wildman–Crippen LogP) is 5.71. The number of rotatable bonds is 12. The summed E-state index contributed by atoms with van der Waals surface area (Å²) in [6.07, 6.45) is -6.61. The first-order chi connectivity index (χ1) is 20.1. The summed E-state index contributed by atoms with van der Waals surface area (Å²) in [4.78, 5) is 24.6. The molecule has 4 aromatic rings. The molecular formula is C32H28F3NO6. The molecule has 42 heavy (non-hydrogen) atoms. The number of ether oxygens (including phenoxy) is 2. The first-order valence-electron chi connectivity index (χ1n) is 12.9. The maximum Gasteiger partial charge on any atom is 0.416 e. The zero-order valence-corrected chi connectivity index (χ0v) is 22.3. The molecule has 0 aliphatic heterocycles. The van der Waals surface area contributed by atoms with E-state index in [-0.39, 0.29) is 25.2 Å². The summed E-state index contributed by atoms with van der Waals surface area (Å²) in [6.45, 7) is 0.502. The van der Waals surface area contributed by atoms with Gasteiger partial charge in [0, 0.05) is 6.42 Å². The van der Waals surface area contributed by atoms with E-state index < -0.39 is 35.8 Å². The number of carbonyl (C=O) groups excluding carboxylic acids is 1. The Bertz CT molecular complexity index is 1480. The molecule has 0 unspecified atom stereocenters. The average molecular weight is 580 g/mol. The van der Waals surface area contributed by atoms with Crippen LogP contribution in [0.15, 0.2) is 103 Å². The van der Waals surface area contributed by atoms with E-state index in [1.165, 1.54) is 0 Å². The van der Waals surface area contributed by atoms with Gasteiger partial charge in [-0.05, 0) is 46.5 Å². The normalized spacial score (nSPS) is 12.7. The quantitative estimate of drug-likeness (QED) is 0.199. The maximum atomic E-state index is 12.8. The number of hydrogen-bond donors (Lipinski definition) is 3. The van der Waals surface area contributed by atoms with Crippen LogP contribution in [0.4, 0.5) is 13.2 Å². The van der Waals surface area contributed by atoms with Gasteiger partial charge in [0.25, 0.3) is 5.91 Å². The Balaban J connectivity index is 1.48. The highest BCUT2D eigenvalue weighted by atomic mass is 19.4. The van der Waals surface area contributed by atoms with Crippen LogP contribution in [-0.2, 0) is 35.4 Å². The second kappa shape index (κ2) is 13.7. The van der Waals surface area contributed by atoms with Crippen molar-refractivity contribution in [1.29, 1.82) is 0 Å². The highest BCUT2D eigenvalue weighted by molar-refractivity contribution is 5.87. The molecule has 4 rings (SSSR count). The SMILES string of the molecule is O=C(N[C@H](Cc1ccc(OCc2ccccc2)c(OCc2ccccc2)c1)C(=O)O)[C@@H](O)c1ccc(C(F)(F)F)cc1. The van der Waals surface area contributed by atoms with Crippen molar-refractivity contribution in [2.45, 2.75) is 38.0 Å². The molecule has 0 radical (unpaired) electrons. The fraction of sp³-hybridized carbons (Fsp3) is 0.188. The lowest BCUT2D eigenvalue weighted by atomic mass is 10.0. The van der Waals surface area contributed by atoms with Crippen LogP contribution in [0.1, 0.15) is 33.9 Å². The largest absolute Gasteiger partial charge is 0.485 e. The van der Waals surface area contributed by atoms with Crippen molar-refractivity contribution in [3.63, 3.8) is 0 Å². The summed E-state index contributed by atoms with van der Waals surface area (Å²) in [6, 6.07) is 25.8. The van der Waals surface area contributed by atoms with E-state index in [9.17, 15) is 33.0 Å². The summed E-state index contributed by atoms with van der Waals surface area (Å²) in [7, 11) is 0. The van der Waals surface area contributed by atoms with Gasteiger partial charge in [-0.1, -0.05) is 78.9 Å². The third-order valence-corrected chi connectivity index (χ3v) is 6.34. The number of aliphatic hydroxyl groups is 1. The van der Waals surface area contributed by atoms with Crippen molar-refractivity contribution in [2.75, 3.05) is 0 Å². The minimum atomic E-state index is -4.58. The van der Waals surface area contributed by atoms with Crippen LogP contribution in [0, 0.1) is 0 Å². The Morgan fingerprint density at radius 2 is 1.29 bits per heavy atom. The van der Waals surface area contributed by atoms with Gasteiger partial charge in [-0.2, -0.15) is 13.2 Å². The molecule has 0 bridgehead atoms. The number of halogens is 3. The van der Waals surface area contributed by atoms with Crippen molar-refractivity contribution < 1.29 is 42.4 Å². The van der Waals surface area contributed by atoms with Crippen LogP contribution in [0.3, 0.4) is 0 Å². The van der Waals surface area contributed by atoms with Gasteiger partial charge in [0.1, 0.15) is 19.3 Å². The zero-order valence-electron chi connectivity index (χ0n) is 22.3. The number of alkyl halides is 3. The second-order valence-corrected chi connectivity index (χ2v) is 9.46. The molecule has 2 atom stereocenters. The van der Waals surface area contributed by atoms with E-state index >= 15 is 0 Å². The van der Waals surface area contributed by atoms with Gasteiger partial charge in [-0.3, -0.25) is 4.79 Å². The van der Waals surface area contributed by atoms with Crippen LogP contribution in [0.5, 0.6) is 11.5 Å². The molecule has 218 valence electrons. The molecule has 0 aromatic heterocycles. The Morgan fingerprint density at radius 3 is 1.81 bits per heavy atom. The number of nitrogens with one attached hydrogen (secondary N) is 1. The van der Waals surface area contributed by atoms with Gasteiger partial charge >= 0.3 is 12.1 Å². The summed E-state index contributed by atoms with van der Waals surface area (Å²) < 4.78 is 50.5. The summed E-state index contributed by atoms with van der Waals surface area (Å²) in [5.74, 6) is -1.62. The number of benzene rings is 4. The minimum Gasteiger partial charge on any atom is -0.485 e. The topological polar surface area (TPSA) is 105 Å². The molecule has 7 nitrogen and oxygen atoms in total. The maximum absolute atomic E-state index is 12.8. The molecule has 0 saturated heterocycles. The molecule has 0 spiro atoms. The van der Waals surface area contributed by atoms with Crippen molar-refractivity contribution in [3.05, 3.63) is 131 Å². The van der Waals surface area contributed by atoms with E-state index in [0.29, 0.717) is 17.1 Å². The second-order valence-electron chi connectivity index (χ2n) is 9.46. The lowest BCUT2D eigenvalue weighted by Gasteiger charge is -2.19. The van der Waals surface area contributed by atoms with Gasteiger partial charge < -0.3 is 25.0 Å². The van der Waals surface area contributed by atoms with E-state index in [0.717, 1.165) is 35.4 Å². The molecule has 3 N–H and O–H groups in total. The van der Waals surface area contributed by atoms with Crippen LogP contribution >= 0.6 is 0 Å². The molecule has 4 aromatic carbocycles. The van der Waals surface area contributed by atoms with Crippen LogP contribution in [0.25, 0.3) is 0 Å². The number of carboxylic acids is 1. The summed E-state index contributed by atoms with van der Waals surface area (Å²) >= 11 is 0. The summed E-state index contributed by atoms with van der Waals surface area (Å²) in [5, 5.41) is 22.4. The van der Waals surface area contributed by atoms with E-state index in [1.807, 2.05) is 60.7 Å². The molecule has 0 heterocycles. The highest BCUT2D eigenvalue weighted by Gasteiger charge is 2.31. The summed E-state index contributed by atoms with van der Waals surface area (Å²) in [5.41, 5.74) is 1.30. The van der Waals surface area contributed by atoms with E-state index in [4.69, 9.17) is 9.47 Å². The molecule has 0 aliphatic carbocycles. The number of carboxylic acid groups (broad SMARTS) is 1. The fourth-order valence-corrected chi connectivity index (χ4v) is 4.07. The van der Waals surface area contributed by atoms with Gasteiger partial charge in [0.15, 0.2) is 17.6 Å². The van der Waals surface area contributed by atoms with Crippen LogP contribution in [0.2, 0.25) is 0 Å². The lowest BCUT2D eigenvalue weighted by molar-refractivity contribution is -0.143. The Hall–Kier alpha value is -4.83. The lowest BCUT2D eigenvalue weighted by Crippen LogP contribution is -2.44. The molecule has 0 saturated carbocycles. The van der Waals surface area contributed by atoms with Crippen molar-refractivity contribution in [2.24, 2.45) is 0 Å². The first kappa shape index (κ1) is 30.1. The standard InChI is InChI=1S/C32H28F3NO6/c33-32(34,35)25-14-12-24(13-15-25)29(37)30(38)36-26(31(39)40)17-23-11-16-27(41-19-21-7-3-1-4-8-21)28(18-23)42-20-22-9-5-2-6-10-22/h1-16,18,26,29,37H,17,19-20H2,(H,36,38)(H,39,40)/t26-,29+/m1/s1. The molecule has 0 aliphatic rings. The third kappa shape index (κ3) is 8.34. The average Bonchev–Trinajstić information content (AvgIpc) is 2.99. The molecule has 0 fully saturated rings. The van der Waals surface area contributed by atoms with Gasteiger partial charge in [-0.25, -0.2) is 4.79 Å². The number of aliphatic carboxylic acids is 1. The number of aliphatic hydroxyl groups excluding tert-OH is 1. The number of hydrogen-bond acceptors (Lipinski definition) is 5. The number of carbonyl (C=O) groups is 2. The van der Waals surface area contributed by atoms with Crippen molar-refractivity contribution >= 4 is 11.9 Å². The van der Waals surface area contributed by atoms with Crippen LogP contribution < -0.4 is 14.8 Å². The molecular weight excluding hydrogens is 551 g/mol. The van der Waals surface area contributed by atoms with Gasteiger partial charge in [0.05, 0.1) is 5.56 Å². The molecule has 10 heteroatoms. The van der Waals surface area contributed by atoms with Crippen molar-refractivity contribution in [3.8, 4) is 11.5 Å². The Labute approximate surface area is 240 Å². The van der Waals surface area contributed by atoms with Gasteiger partial charge in [0.2, 0.25) is 0 Å². The zero-order chi connectivity index (χ0) is 30.1. The minimum absolute atomic E-state index is 0.110. The monoisotopic (exact) mass is 579 g/mol. The van der Waals surface area contributed by atoms with E-state index in [2.05, 4.69) is 5.32 Å².